The molecule has 0 aliphatic rings. The van der Waals surface area contributed by atoms with Gasteiger partial charge in [0.15, 0.2) is 0 Å². The largest absolute Gasteiger partial charge is 0.312 e. The standard InChI is InChI=1S/C13H14ClNS/c14-13-4-2-1-3-12(13)5-7-15-9-11-6-8-16-10-11/h1-4,6,8,10,15H,5,7,9H2. The highest BCUT2D eigenvalue weighted by molar-refractivity contribution is 7.07. The van der Waals surface area contributed by atoms with Gasteiger partial charge < -0.3 is 5.32 Å². The summed E-state index contributed by atoms with van der Waals surface area (Å²) < 4.78 is 0. The van der Waals surface area contributed by atoms with E-state index in [4.69, 9.17) is 11.6 Å². The van der Waals surface area contributed by atoms with Gasteiger partial charge in [0, 0.05) is 11.6 Å². The van der Waals surface area contributed by atoms with E-state index in [-0.39, 0.29) is 0 Å². The molecule has 2 rings (SSSR count). The number of halogens is 1. The molecule has 0 fully saturated rings. The molecule has 0 unspecified atom stereocenters. The van der Waals surface area contributed by atoms with Crippen LogP contribution in [0.4, 0.5) is 0 Å². The summed E-state index contributed by atoms with van der Waals surface area (Å²) in [5, 5.41) is 8.54. The normalized spacial score (nSPS) is 10.6. The summed E-state index contributed by atoms with van der Waals surface area (Å²) in [7, 11) is 0. The fourth-order valence-electron chi connectivity index (χ4n) is 1.55. The summed E-state index contributed by atoms with van der Waals surface area (Å²) in [6.45, 7) is 1.90. The smallest absolute Gasteiger partial charge is 0.0438 e. The first kappa shape index (κ1) is 11.6. The Labute approximate surface area is 105 Å². The summed E-state index contributed by atoms with van der Waals surface area (Å²) in [6, 6.07) is 10.2. The van der Waals surface area contributed by atoms with E-state index in [0.717, 1.165) is 24.5 Å². The van der Waals surface area contributed by atoms with Crippen molar-refractivity contribution in [1.29, 1.82) is 0 Å². The Hall–Kier alpha value is -0.830. The quantitative estimate of drug-likeness (QED) is 0.799. The first-order valence-electron chi connectivity index (χ1n) is 5.31. The summed E-state index contributed by atoms with van der Waals surface area (Å²) in [5.41, 5.74) is 2.56. The molecular formula is C13H14ClNS. The van der Waals surface area contributed by atoms with Crippen LogP contribution in [0.1, 0.15) is 11.1 Å². The Morgan fingerprint density at radius 2 is 2.06 bits per heavy atom. The van der Waals surface area contributed by atoms with E-state index in [9.17, 15) is 0 Å². The maximum atomic E-state index is 6.08. The Kier molecular flexibility index (Phi) is 4.40. The summed E-state index contributed by atoms with van der Waals surface area (Å²) in [4.78, 5) is 0. The lowest BCUT2D eigenvalue weighted by molar-refractivity contribution is 0.688. The Balaban J connectivity index is 1.74. The molecule has 1 aromatic carbocycles. The second kappa shape index (κ2) is 6.04. The van der Waals surface area contributed by atoms with Crippen molar-refractivity contribution in [3.05, 3.63) is 57.2 Å². The second-order valence-electron chi connectivity index (χ2n) is 3.65. The molecule has 0 saturated heterocycles. The number of nitrogens with one attached hydrogen (secondary N) is 1. The fourth-order valence-corrected chi connectivity index (χ4v) is 2.45. The lowest BCUT2D eigenvalue weighted by atomic mass is 10.1. The highest BCUT2D eigenvalue weighted by Gasteiger charge is 1.98. The van der Waals surface area contributed by atoms with E-state index in [1.54, 1.807) is 11.3 Å². The molecule has 0 radical (unpaired) electrons. The van der Waals surface area contributed by atoms with Crippen molar-refractivity contribution < 1.29 is 0 Å². The van der Waals surface area contributed by atoms with Crippen molar-refractivity contribution in [3.8, 4) is 0 Å². The van der Waals surface area contributed by atoms with Gasteiger partial charge in [-0.1, -0.05) is 29.8 Å². The molecule has 3 heteroatoms. The number of benzene rings is 1. The van der Waals surface area contributed by atoms with Gasteiger partial charge in [-0.25, -0.2) is 0 Å². The highest BCUT2D eigenvalue weighted by atomic mass is 35.5. The highest BCUT2D eigenvalue weighted by Crippen LogP contribution is 2.14. The Bertz CT molecular complexity index is 425. The Morgan fingerprint density at radius 3 is 2.81 bits per heavy atom. The van der Waals surface area contributed by atoms with E-state index in [2.05, 4.69) is 28.2 Å². The molecule has 1 N–H and O–H groups in total. The SMILES string of the molecule is Clc1ccccc1CCNCc1ccsc1. The topological polar surface area (TPSA) is 12.0 Å². The molecule has 0 aliphatic carbocycles. The van der Waals surface area contributed by atoms with Crippen LogP contribution in [0.3, 0.4) is 0 Å². The molecule has 0 atom stereocenters. The van der Waals surface area contributed by atoms with E-state index < -0.39 is 0 Å². The molecule has 0 spiro atoms. The maximum Gasteiger partial charge on any atom is 0.0438 e. The third-order valence-corrected chi connectivity index (χ3v) is 3.54. The Morgan fingerprint density at radius 1 is 1.19 bits per heavy atom. The van der Waals surface area contributed by atoms with Crippen LogP contribution in [0.15, 0.2) is 41.1 Å². The monoisotopic (exact) mass is 251 g/mol. The van der Waals surface area contributed by atoms with Crippen LogP contribution in [0.25, 0.3) is 0 Å². The lowest BCUT2D eigenvalue weighted by Gasteiger charge is -2.05. The van der Waals surface area contributed by atoms with Gasteiger partial charge in [-0.2, -0.15) is 11.3 Å². The minimum atomic E-state index is 0.861. The van der Waals surface area contributed by atoms with E-state index >= 15 is 0 Å². The minimum Gasteiger partial charge on any atom is -0.312 e. The molecule has 0 amide bonds. The maximum absolute atomic E-state index is 6.08. The van der Waals surface area contributed by atoms with E-state index in [1.165, 1.54) is 11.1 Å². The third kappa shape index (κ3) is 3.34. The molecule has 0 saturated carbocycles. The zero-order valence-corrected chi connectivity index (χ0v) is 10.5. The number of rotatable bonds is 5. The van der Waals surface area contributed by atoms with Crippen molar-refractivity contribution in [1.82, 2.24) is 5.32 Å². The molecule has 0 aliphatic heterocycles. The average Bonchev–Trinajstić information content (AvgIpc) is 2.79. The van der Waals surface area contributed by atoms with Crippen LogP contribution >= 0.6 is 22.9 Å². The zero-order chi connectivity index (χ0) is 11.2. The summed E-state index contributed by atoms with van der Waals surface area (Å²) in [6.07, 6.45) is 0.976. The van der Waals surface area contributed by atoms with Crippen molar-refractivity contribution in [2.24, 2.45) is 0 Å². The molecule has 0 bridgehead atoms. The minimum absolute atomic E-state index is 0.861. The second-order valence-corrected chi connectivity index (χ2v) is 4.84. The van der Waals surface area contributed by atoms with Gasteiger partial charge in [-0.15, -0.1) is 0 Å². The van der Waals surface area contributed by atoms with Gasteiger partial charge in [-0.3, -0.25) is 0 Å². The van der Waals surface area contributed by atoms with E-state index in [1.807, 2.05) is 18.2 Å². The van der Waals surface area contributed by atoms with Gasteiger partial charge in [0.05, 0.1) is 0 Å². The fraction of sp³-hybridized carbons (Fsp3) is 0.231. The van der Waals surface area contributed by atoms with Gasteiger partial charge >= 0.3 is 0 Å². The predicted molar refractivity (Wildman–Crippen MR) is 71.2 cm³/mol. The predicted octanol–water partition coefficient (Wildman–Crippen LogP) is 3.73. The molecule has 1 heterocycles. The van der Waals surface area contributed by atoms with Crippen molar-refractivity contribution in [3.63, 3.8) is 0 Å². The lowest BCUT2D eigenvalue weighted by Crippen LogP contribution is -2.16. The van der Waals surface area contributed by atoms with Crippen molar-refractivity contribution >= 4 is 22.9 Å². The molecule has 1 aromatic heterocycles. The average molecular weight is 252 g/mol. The third-order valence-electron chi connectivity index (χ3n) is 2.44. The van der Waals surface area contributed by atoms with Gasteiger partial charge in [0.2, 0.25) is 0 Å². The van der Waals surface area contributed by atoms with Crippen LogP contribution in [-0.2, 0) is 13.0 Å². The van der Waals surface area contributed by atoms with Crippen LogP contribution in [-0.4, -0.2) is 6.54 Å². The van der Waals surface area contributed by atoms with Gasteiger partial charge in [0.1, 0.15) is 0 Å². The number of hydrogen-bond acceptors (Lipinski definition) is 2. The van der Waals surface area contributed by atoms with Crippen molar-refractivity contribution in [2.75, 3.05) is 6.54 Å². The summed E-state index contributed by atoms with van der Waals surface area (Å²) >= 11 is 7.81. The summed E-state index contributed by atoms with van der Waals surface area (Å²) in [5.74, 6) is 0. The molecular weight excluding hydrogens is 238 g/mol. The van der Waals surface area contributed by atoms with Gasteiger partial charge in [0.25, 0.3) is 0 Å². The molecule has 84 valence electrons. The molecule has 2 aromatic rings. The molecule has 1 nitrogen and oxygen atoms in total. The zero-order valence-electron chi connectivity index (χ0n) is 8.95. The van der Waals surface area contributed by atoms with Crippen LogP contribution in [0, 0.1) is 0 Å². The van der Waals surface area contributed by atoms with Gasteiger partial charge in [-0.05, 0) is 47.0 Å². The first-order valence-corrected chi connectivity index (χ1v) is 6.63. The van der Waals surface area contributed by atoms with Crippen molar-refractivity contribution in [2.45, 2.75) is 13.0 Å². The van der Waals surface area contributed by atoms with Crippen LogP contribution in [0.2, 0.25) is 5.02 Å². The van der Waals surface area contributed by atoms with Crippen LogP contribution in [0.5, 0.6) is 0 Å². The molecule has 16 heavy (non-hydrogen) atoms. The van der Waals surface area contributed by atoms with Crippen LogP contribution < -0.4 is 5.32 Å². The first-order chi connectivity index (χ1) is 7.86. The number of thiophene rings is 1. The number of hydrogen-bond donors (Lipinski definition) is 1. The van der Waals surface area contributed by atoms with E-state index in [0.29, 0.717) is 0 Å².